The van der Waals surface area contributed by atoms with Gasteiger partial charge in [0.05, 0.1) is 18.1 Å². The molecular formula is C26H34N2O5S. The van der Waals surface area contributed by atoms with Crippen LogP contribution in [0.5, 0.6) is 0 Å². The maximum Gasteiger partial charge on any atom is 0.253 e. The maximum absolute atomic E-state index is 12.9. The van der Waals surface area contributed by atoms with E-state index in [1.165, 1.54) is 0 Å². The fourth-order valence-corrected chi connectivity index (χ4v) is 5.38. The quantitative estimate of drug-likeness (QED) is 0.673. The number of hydrogen-bond acceptors (Lipinski definition) is 5. The number of ether oxygens (including phenoxy) is 2. The molecule has 1 N–H and O–H groups in total. The van der Waals surface area contributed by atoms with Gasteiger partial charge in [0.2, 0.25) is 10.0 Å². The van der Waals surface area contributed by atoms with Gasteiger partial charge in [-0.15, -0.1) is 0 Å². The van der Waals surface area contributed by atoms with Gasteiger partial charge in [0.15, 0.2) is 6.29 Å². The molecule has 2 aliphatic rings. The molecule has 0 radical (unpaired) electrons. The Hall–Kier alpha value is -2.26. The zero-order valence-electron chi connectivity index (χ0n) is 20.1. The molecular weight excluding hydrogens is 452 g/mol. The molecule has 34 heavy (non-hydrogen) atoms. The fraction of sp³-hybridized carbons (Fsp3) is 0.500. The maximum atomic E-state index is 12.9. The van der Waals surface area contributed by atoms with Crippen molar-refractivity contribution >= 4 is 15.9 Å². The number of nitrogens with zero attached hydrogens (tertiary/aromatic N) is 1. The molecule has 2 fully saturated rings. The normalized spacial score (nSPS) is 18.4. The Balaban J connectivity index is 1.30. The minimum atomic E-state index is -3.62. The number of sulfonamides is 1. The third-order valence-corrected chi connectivity index (χ3v) is 7.97. The third-order valence-electron chi connectivity index (χ3n) is 6.56. The average Bonchev–Trinajstić information content (AvgIpc) is 3.37. The molecule has 0 spiro atoms. The number of benzene rings is 2. The first-order valence-electron chi connectivity index (χ1n) is 11.9. The number of likely N-dealkylation sites (tertiary alicyclic amines) is 1. The van der Waals surface area contributed by atoms with Gasteiger partial charge in [-0.3, -0.25) is 4.79 Å². The molecule has 0 aromatic heterocycles. The summed E-state index contributed by atoms with van der Waals surface area (Å²) in [5, 5.41) is 0. The standard InChI is InChI=1S/C26H34N2O5S/c1-26(2,3)22-8-10-23(11-9-22)34(30,31)27-18-19-4-6-20(7-5-19)24(29)28-14-12-21(13-15-28)25-32-16-17-33-25/h4-11,21,25,27H,12-18H2,1-3H3. The lowest BCUT2D eigenvalue weighted by Gasteiger charge is -2.33. The van der Waals surface area contributed by atoms with E-state index >= 15 is 0 Å². The summed E-state index contributed by atoms with van der Waals surface area (Å²) in [4.78, 5) is 15.0. The highest BCUT2D eigenvalue weighted by atomic mass is 32.2. The Morgan fingerprint density at radius 3 is 2.12 bits per heavy atom. The predicted octanol–water partition coefficient (Wildman–Crippen LogP) is 3.69. The smallest absolute Gasteiger partial charge is 0.253 e. The van der Waals surface area contributed by atoms with Crippen molar-refractivity contribution in [3.05, 3.63) is 65.2 Å². The average molecular weight is 487 g/mol. The van der Waals surface area contributed by atoms with Gasteiger partial charge in [-0.05, 0) is 53.6 Å². The van der Waals surface area contributed by atoms with E-state index in [-0.39, 0.29) is 29.1 Å². The summed E-state index contributed by atoms with van der Waals surface area (Å²) in [6.07, 6.45) is 1.61. The van der Waals surface area contributed by atoms with Gasteiger partial charge < -0.3 is 14.4 Å². The van der Waals surface area contributed by atoms with E-state index in [1.54, 1.807) is 36.4 Å². The molecule has 2 heterocycles. The van der Waals surface area contributed by atoms with Crippen LogP contribution in [0.1, 0.15) is 55.1 Å². The fourth-order valence-electron chi connectivity index (χ4n) is 4.37. The van der Waals surface area contributed by atoms with Crippen LogP contribution in [0.4, 0.5) is 0 Å². The van der Waals surface area contributed by atoms with Gasteiger partial charge in [-0.1, -0.05) is 45.0 Å². The Morgan fingerprint density at radius 1 is 0.971 bits per heavy atom. The van der Waals surface area contributed by atoms with Crippen LogP contribution in [0.3, 0.4) is 0 Å². The van der Waals surface area contributed by atoms with E-state index in [1.807, 2.05) is 17.0 Å². The van der Waals surface area contributed by atoms with E-state index in [9.17, 15) is 13.2 Å². The number of rotatable bonds is 6. The molecule has 8 heteroatoms. The lowest BCUT2D eigenvalue weighted by molar-refractivity contribution is -0.0956. The molecule has 2 saturated heterocycles. The number of amides is 1. The number of nitrogens with one attached hydrogen (secondary N) is 1. The highest BCUT2D eigenvalue weighted by molar-refractivity contribution is 7.89. The van der Waals surface area contributed by atoms with Gasteiger partial charge in [-0.2, -0.15) is 0 Å². The minimum Gasteiger partial charge on any atom is -0.350 e. The number of carbonyl (C=O) groups is 1. The van der Waals surface area contributed by atoms with Crippen LogP contribution < -0.4 is 4.72 Å². The number of hydrogen-bond donors (Lipinski definition) is 1. The Morgan fingerprint density at radius 2 is 1.56 bits per heavy atom. The molecule has 4 rings (SSSR count). The Bertz CT molecular complexity index is 1080. The van der Waals surface area contributed by atoms with Crippen molar-refractivity contribution in [2.75, 3.05) is 26.3 Å². The Labute approximate surface area is 202 Å². The second-order valence-corrected chi connectivity index (χ2v) is 11.8. The van der Waals surface area contributed by atoms with Crippen LogP contribution in [-0.4, -0.2) is 51.8 Å². The van der Waals surface area contributed by atoms with E-state index in [0.717, 1.165) is 24.0 Å². The van der Waals surface area contributed by atoms with Gasteiger partial charge in [0, 0.05) is 31.1 Å². The summed E-state index contributed by atoms with van der Waals surface area (Å²) in [7, 11) is -3.62. The first-order valence-corrected chi connectivity index (χ1v) is 13.3. The molecule has 0 unspecified atom stereocenters. The SMILES string of the molecule is CC(C)(C)c1ccc(S(=O)(=O)NCc2ccc(C(=O)N3CCC(C4OCCO4)CC3)cc2)cc1. The molecule has 0 aliphatic carbocycles. The van der Waals surface area contributed by atoms with Crippen molar-refractivity contribution in [3.63, 3.8) is 0 Å². The first kappa shape index (κ1) is 24.9. The molecule has 0 atom stereocenters. The lowest BCUT2D eigenvalue weighted by atomic mass is 9.87. The van der Waals surface area contributed by atoms with Crippen molar-refractivity contribution in [1.82, 2.24) is 9.62 Å². The molecule has 2 aliphatic heterocycles. The number of carbonyl (C=O) groups excluding carboxylic acids is 1. The molecule has 1 amide bonds. The molecule has 0 saturated carbocycles. The molecule has 184 valence electrons. The van der Waals surface area contributed by atoms with E-state index < -0.39 is 10.0 Å². The van der Waals surface area contributed by atoms with Crippen molar-refractivity contribution < 1.29 is 22.7 Å². The van der Waals surface area contributed by atoms with E-state index in [2.05, 4.69) is 25.5 Å². The predicted molar refractivity (Wildman–Crippen MR) is 130 cm³/mol. The first-order chi connectivity index (χ1) is 16.1. The van der Waals surface area contributed by atoms with Crippen LogP contribution in [-0.2, 0) is 31.5 Å². The summed E-state index contributed by atoms with van der Waals surface area (Å²) in [5.41, 5.74) is 2.44. The van der Waals surface area contributed by atoms with Crippen LogP contribution >= 0.6 is 0 Å². The highest BCUT2D eigenvalue weighted by Crippen LogP contribution is 2.27. The van der Waals surface area contributed by atoms with Crippen LogP contribution in [0.25, 0.3) is 0 Å². The largest absolute Gasteiger partial charge is 0.350 e. The highest BCUT2D eigenvalue weighted by Gasteiger charge is 2.32. The van der Waals surface area contributed by atoms with Crippen molar-refractivity contribution in [3.8, 4) is 0 Å². The van der Waals surface area contributed by atoms with Crippen molar-refractivity contribution in [1.29, 1.82) is 0 Å². The van der Waals surface area contributed by atoms with Crippen molar-refractivity contribution in [2.45, 2.75) is 56.8 Å². The van der Waals surface area contributed by atoms with Gasteiger partial charge in [-0.25, -0.2) is 13.1 Å². The minimum absolute atomic E-state index is 0.00206. The third kappa shape index (κ3) is 5.86. The second-order valence-electron chi connectivity index (χ2n) is 10.0. The van der Waals surface area contributed by atoms with E-state index in [4.69, 9.17) is 9.47 Å². The summed E-state index contributed by atoms with van der Waals surface area (Å²) < 4.78 is 39.2. The zero-order chi connectivity index (χ0) is 24.3. The Kier molecular flexibility index (Phi) is 7.42. The van der Waals surface area contributed by atoms with Crippen LogP contribution in [0, 0.1) is 5.92 Å². The molecule has 7 nitrogen and oxygen atoms in total. The summed E-state index contributed by atoms with van der Waals surface area (Å²) in [6.45, 7) is 9.09. The monoisotopic (exact) mass is 486 g/mol. The number of piperidine rings is 1. The lowest BCUT2D eigenvalue weighted by Crippen LogP contribution is -2.41. The van der Waals surface area contributed by atoms with Crippen molar-refractivity contribution in [2.24, 2.45) is 5.92 Å². The summed E-state index contributed by atoms with van der Waals surface area (Å²) in [6, 6.07) is 14.1. The van der Waals surface area contributed by atoms with Crippen LogP contribution in [0.15, 0.2) is 53.4 Å². The molecule has 0 bridgehead atoms. The summed E-state index contributed by atoms with van der Waals surface area (Å²) in [5.74, 6) is 0.337. The topological polar surface area (TPSA) is 84.9 Å². The van der Waals surface area contributed by atoms with Gasteiger partial charge >= 0.3 is 0 Å². The molecule has 2 aromatic carbocycles. The van der Waals surface area contributed by atoms with E-state index in [0.29, 0.717) is 37.8 Å². The zero-order valence-corrected chi connectivity index (χ0v) is 20.9. The van der Waals surface area contributed by atoms with Gasteiger partial charge in [0.25, 0.3) is 5.91 Å². The molecule has 2 aromatic rings. The summed E-state index contributed by atoms with van der Waals surface area (Å²) >= 11 is 0. The van der Waals surface area contributed by atoms with Gasteiger partial charge in [0.1, 0.15) is 0 Å². The van der Waals surface area contributed by atoms with Crippen LogP contribution in [0.2, 0.25) is 0 Å². The second kappa shape index (κ2) is 10.2.